The molecule has 0 unspecified atom stereocenters. The smallest absolute Gasteiger partial charge is 0.233 e. The second-order valence-corrected chi connectivity index (χ2v) is 8.74. The number of piperazine rings is 1. The number of hydrogen-bond donors (Lipinski definition) is 2. The van der Waals surface area contributed by atoms with Crippen LogP contribution >= 0.6 is 0 Å². The van der Waals surface area contributed by atoms with Gasteiger partial charge in [0.25, 0.3) is 0 Å². The fourth-order valence-electron chi connectivity index (χ4n) is 4.23. The van der Waals surface area contributed by atoms with Crippen LogP contribution in [0, 0.1) is 0 Å². The fourth-order valence-corrected chi connectivity index (χ4v) is 4.23. The summed E-state index contributed by atoms with van der Waals surface area (Å²) in [6, 6.07) is 17.8. The third kappa shape index (κ3) is 4.77. The van der Waals surface area contributed by atoms with Crippen molar-refractivity contribution in [2.24, 2.45) is 0 Å². The Labute approximate surface area is 200 Å². The third-order valence-electron chi connectivity index (χ3n) is 6.11. The third-order valence-corrected chi connectivity index (χ3v) is 6.11. The van der Waals surface area contributed by atoms with Gasteiger partial charge in [-0.3, -0.25) is 0 Å². The van der Waals surface area contributed by atoms with Crippen molar-refractivity contribution in [3.8, 4) is 11.6 Å². The number of nitrogens with two attached hydrogens (primary N) is 1. The molecule has 0 spiro atoms. The highest BCUT2D eigenvalue weighted by Crippen LogP contribution is 2.31. The summed E-state index contributed by atoms with van der Waals surface area (Å²) in [5, 5.41) is 4.23. The second kappa shape index (κ2) is 9.61. The van der Waals surface area contributed by atoms with Gasteiger partial charge in [-0.1, -0.05) is 13.0 Å². The highest BCUT2D eigenvalue weighted by molar-refractivity contribution is 5.83. The van der Waals surface area contributed by atoms with Crippen molar-refractivity contribution in [1.82, 2.24) is 19.4 Å². The van der Waals surface area contributed by atoms with Gasteiger partial charge >= 0.3 is 0 Å². The van der Waals surface area contributed by atoms with Crippen LogP contribution in [0.3, 0.4) is 0 Å². The molecule has 176 valence electrons. The van der Waals surface area contributed by atoms with Crippen molar-refractivity contribution in [3.63, 3.8) is 0 Å². The van der Waals surface area contributed by atoms with Crippen LogP contribution in [-0.2, 0) is 6.54 Å². The van der Waals surface area contributed by atoms with Crippen LogP contribution in [0.15, 0.2) is 60.8 Å². The minimum absolute atomic E-state index is 0.495. The Balaban J connectivity index is 1.42. The van der Waals surface area contributed by atoms with Crippen molar-refractivity contribution in [1.29, 1.82) is 0 Å². The molecule has 0 amide bonds. The zero-order valence-electron chi connectivity index (χ0n) is 19.7. The normalized spacial score (nSPS) is 14.5. The molecule has 4 aromatic rings. The molecule has 8 heteroatoms. The average molecular weight is 458 g/mol. The predicted molar refractivity (Wildman–Crippen MR) is 138 cm³/mol. The molecule has 0 radical (unpaired) electrons. The Morgan fingerprint density at radius 2 is 1.79 bits per heavy atom. The number of aryl methyl sites for hydroxylation is 1. The molecule has 5 rings (SSSR count). The molecular weight excluding hydrogens is 426 g/mol. The summed E-state index contributed by atoms with van der Waals surface area (Å²) in [6.45, 7) is 7.28. The van der Waals surface area contributed by atoms with Crippen LogP contribution in [0.5, 0.6) is 11.6 Å². The quantitative estimate of drug-likeness (QED) is 0.389. The van der Waals surface area contributed by atoms with E-state index in [4.69, 9.17) is 20.4 Å². The molecule has 2 aromatic heterocycles. The molecule has 0 aliphatic carbocycles. The van der Waals surface area contributed by atoms with Crippen LogP contribution in [-0.4, -0.2) is 52.7 Å². The van der Waals surface area contributed by atoms with Gasteiger partial charge < -0.3 is 30.2 Å². The van der Waals surface area contributed by atoms with E-state index in [9.17, 15) is 0 Å². The van der Waals surface area contributed by atoms with Gasteiger partial charge in [-0.15, -0.1) is 0 Å². The lowest BCUT2D eigenvalue weighted by Crippen LogP contribution is -2.44. The Hall–Kier alpha value is -3.78. The molecule has 34 heavy (non-hydrogen) atoms. The van der Waals surface area contributed by atoms with Crippen molar-refractivity contribution in [2.75, 3.05) is 49.2 Å². The lowest BCUT2D eigenvalue weighted by atomic mass is 10.2. The number of anilines is 4. The lowest BCUT2D eigenvalue weighted by Gasteiger charge is -2.34. The van der Waals surface area contributed by atoms with E-state index in [0.717, 1.165) is 55.9 Å². The van der Waals surface area contributed by atoms with Gasteiger partial charge in [-0.2, -0.15) is 9.97 Å². The summed E-state index contributed by atoms with van der Waals surface area (Å²) in [5.74, 6) is 1.64. The van der Waals surface area contributed by atoms with E-state index in [1.54, 1.807) is 6.07 Å². The molecule has 0 saturated carbocycles. The highest BCUT2D eigenvalue weighted by atomic mass is 16.5. The average Bonchev–Trinajstić information content (AvgIpc) is 3.23. The molecule has 0 atom stereocenters. The van der Waals surface area contributed by atoms with Crippen LogP contribution in [0.1, 0.15) is 13.3 Å². The molecule has 3 N–H and O–H groups in total. The van der Waals surface area contributed by atoms with Crippen LogP contribution in [0.4, 0.5) is 23.0 Å². The first-order valence-electron chi connectivity index (χ1n) is 11.8. The van der Waals surface area contributed by atoms with E-state index in [2.05, 4.69) is 57.9 Å². The first-order chi connectivity index (χ1) is 16.6. The molecule has 2 aromatic carbocycles. The lowest BCUT2D eigenvalue weighted by molar-refractivity contribution is 0.313. The molecule has 1 fully saturated rings. The van der Waals surface area contributed by atoms with Crippen LogP contribution < -0.4 is 20.7 Å². The van der Waals surface area contributed by atoms with E-state index in [1.165, 1.54) is 5.69 Å². The van der Waals surface area contributed by atoms with Crippen molar-refractivity contribution in [3.05, 3.63) is 60.8 Å². The summed E-state index contributed by atoms with van der Waals surface area (Å²) in [4.78, 5) is 14.3. The van der Waals surface area contributed by atoms with Gasteiger partial charge in [0.1, 0.15) is 11.4 Å². The van der Waals surface area contributed by atoms with E-state index >= 15 is 0 Å². The number of rotatable bonds is 7. The van der Waals surface area contributed by atoms with Crippen molar-refractivity contribution < 1.29 is 4.74 Å². The number of ether oxygens (including phenoxy) is 1. The van der Waals surface area contributed by atoms with Gasteiger partial charge in [-0.25, -0.2) is 0 Å². The number of nitrogens with zero attached hydrogens (tertiary/aromatic N) is 5. The summed E-state index contributed by atoms with van der Waals surface area (Å²) >= 11 is 0. The summed E-state index contributed by atoms with van der Waals surface area (Å²) in [7, 11) is 2.17. The van der Waals surface area contributed by atoms with E-state index in [-0.39, 0.29) is 0 Å². The minimum atomic E-state index is 0.495. The van der Waals surface area contributed by atoms with E-state index in [1.807, 2.05) is 30.5 Å². The number of likely N-dealkylation sites (N-methyl/N-ethyl adjacent to an activating group) is 1. The zero-order chi connectivity index (χ0) is 23.5. The van der Waals surface area contributed by atoms with Crippen LogP contribution in [0.25, 0.3) is 11.0 Å². The Bertz CT molecular complexity index is 1260. The Morgan fingerprint density at radius 3 is 2.53 bits per heavy atom. The number of hydrogen-bond acceptors (Lipinski definition) is 7. The Morgan fingerprint density at radius 1 is 1.00 bits per heavy atom. The summed E-state index contributed by atoms with van der Waals surface area (Å²) in [6.07, 6.45) is 3.04. The predicted octanol–water partition coefficient (Wildman–Crippen LogP) is 4.71. The Kier molecular flexibility index (Phi) is 6.22. The fraction of sp³-hybridized carbons (Fsp3) is 0.308. The molecule has 1 aliphatic rings. The number of fused-ring (bicyclic) bond motifs is 1. The highest BCUT2D eigenvalue weighted by Gasteiger charge is 2.16. The van der Waals surface area contributed by atoms with Gasteiger partial charge in [-0.05, 0) is 55.9 Å². The maximum absolute atomic E-state index is 6.15. The standard InChI is InChI=1S/C26H31N7O/c1-3-12-33-13-11-23-24(33)29-26(30-25(23)34-22-6-4-5-19(27)18-22)28-20-7-9-21(10-8-20)32-16-14-31(2)15-17-32/h4-11,13,18H,3,12,14-17,27H2,1-2H3,(H,28,29,30). The van der Waals surface area contributed by atoms with Gasteiger partial charge in [0.2, 0.25) is 11.8 Å². The molecule has 8 nitrogen and oxygen atoms in total. The van der Waals surface area contributed by atoms with Gasteiger partial charge in [0, 0.05) is 62.0 Å². The maximum atomic E-state index is 6.15. The first-order valence-corrected chi connectivity index (χ1v) is 11.8. The monoisotopic (exact) mass is 457 g/mol. The van der Waals surface area contributed by atoms with Crippen molar-refractivity contribution in [2.45, 2.75) is 19.9 Å². The van der Waals surface area contributed by atoms with E-state index < -0.39 is 0 Å². The zero-order valence-corrected chi connectivity index (χ0v) is 19.7. The van der Waals surface area contributed by atoms with Crippen molar-refractivity contribution >= 4 is 34.0 Å². The summed E-state index contributed by atoms with van der Waals surface area (Å²) < 4.78 is 8.28. The largest absolute Gasteiger partial charge is 0.438 e. The molecule has 3 heterocycles. The maximum Gasteiger partial charge on any atom is 0.233 e. The van der Waals surface area contributed by atoms with E-state index in [0.29, 0.717) is 23.3 Å². The van der Waals surface area contributed by atoms with Gasteiger partial charge in [0.15, 0.2) is 0 Å². The van der Waals surface area contributed by atoms with Crippen LogP contribution in [0.2, 0.25) is 0 Å². The first kappa shape index (κ1) is 22.0. The number of benzene rings is 2. The second-order valence-electron chi connectivity index (χ2n) is 8.74. The SMILES string of the molecule is CCCn1ccc2c(Oc3cccc(N)c3)nc(Nc3ccc(N4CCN(C)CC4)cc3)nc21. The molecule has 0 bridgehead atoms. The molecule has 1 saturated heterocycles. The number of aromatic nitrogens is 3. The minimum Gasteiger partial charge on any atom is -0.438 e. The molecule has 1 aliphatic heterocycles. The summed E-state index contributed by atoms with van der Waals surface area (Å²) in [5.41, 5.74) is 9.59. The number of nitrogen functional groups attached to an aromatic ring is 1. The van der Waals surface area contributed by atoms with Gasteiger partial charge in [0.05, 0.1) is 5.39 Å². The topological polar surface area (TPSA) is 84.5 Å². The molecular formula is C26H31N7O. The number of nitrogens with one attached hydrogen (secondary N) is 1.